The average Bonchev–Trinajstić information content (AvgIpc) is 2.88. The van der Waals surface area contributed by atoms with Gasteiger partial charge in [0.25, 0.3) is 0 Å². The predicted octanol–water partition coefficient (Wildman–Crippen LogP) is 3.02. The van der Waals surface area contributed by atoms with E-state index in [0.717, 1.165) is 25.5 Å². The molecule has 11 atom stereocenters. The molecule has 6 unspecified atom stereocenters. The molecular formula is C29H57NO8. The van der Waals surface area contributed by atoms with Crippen molar-refractivity contribution in [1.82, 2.24) is 4.90 Å². The average molecular weight is 548 g/mol. The Morgan fingerprint density at radius 1 is 1.11 bits per heavy atom. The summed E-state index contributed by atoms with van der Waals surface area (Å²) in [6, 6.07) is -0.258. The van der Waals surface area contributed by atoms with Crippen LogP contribution in [0.25, 0.3) is 0 Å². The van der Waals surface area contributed by atoms with E-state index >= 15 is 0 Å². The second-order valence-electron chi connectivity index (χ2n) is 11.9. The van der Waals surface area contributed by atoms with Crippen molar-refractivity contribution in [2.24, 2.45) is 17.8 Å². The van der Waals surface area contributed by atoms with Crippen molar-refractivity contribution >= 4 is 6.29 Å². The SMILES string of the molecule is CC[C@@H](OC)C(O)C(O)C(C)N(C)C[C@H](C)CC(CO)CC[C@H](O[C@H]1C[C@@](C)(OC)CC(C)O1)C(C)C=O. The van der Waals surface area contributed by atoms with Crippen LogP contribution < -0.4 is 0 Å². The van der Waals surface area contributed by atoms with Gasteiger partial charge in [0.2, 0.25) is 0 Å². The molecule has 1 heterocycles. The summed E-state index contributed by atoms with van der Waals surface area (Å²) >= 11 is 0. The van der Waals surface area contributed by atoms with Crippen LogP contribution in [0.5, 0.6) is 0 Å². The van der Waals surface area contributed by atoms with Crippen molar-refractivity contribution in [3.05, 3.63) is 0 Å². The van der Waals surface area contributed by atoms with Gasteiger partial charge in [-0.25, -0.2) is 0 Å². The predicted molar refractivity (Wildman–Crippen MR) is 148 cm³/mol. The molecule has 1 saturated heterocycles. The van der Waals surface area contributed by atoms with Gasteiger partial charge >= 0.3 is 0 Å². The lowest BCUT2D eigenvalue weighted by Gasteiger charge is -2.41. The maximum atomic E-state index is 11.6. The molecule has 9 heteroatoms. The Bertz CT molecular complexity index is 650. The van der Waals surface area contributed by atoms with Crippen molar-refractivity contribution in [2.45, 2.75) is 129 Å². The summed E-state index contributed by atoms with van der Waals surface area (Å²) in [6.07, 6.45) is 2.04. The Kier molecular flexibility index (Phi) is 16.0. The number of methoxy groups -OCH3 is 2. The number of rotatable bonds is 19. The molecule has 0 spiro atoms. The summed E-state index contributed by atoms with van der Waals surface area (Å²) in [4.78, 5) is 13.7. The van der Waals surface area contributed by atoms with Gasteiger partial charge in [0, 0.05) is 52.2 Å². The topological polar surface area (TPSA) is 118 Å². The first kappa shape index (κ1) is 35.4. The number of aliphatic hydroxyl groups is 3. The molecule has 3 N–H and O–H groups in total. The third-order valence-electron chi connectivity index (χ3n) is 8.40. The molecule has 0 aromatic carbocycles. The number of aliphatic hydroxyl groups excluding tert-OH is 3. The quantitative estimate of drug-likeness (QED) is 0.210. The van der Waals surface area contributed by atoms with Crippen LogP contribution in [0.3, 0.4) is 0 Å². The maximum absolute atomic E-state index is 11.6. The molecule has 0 aromatic rings. The van der Waals surface area contributed by atoms with Crippen molar-refractivity contribution in [3.8, 4) is 0 Å². The fourth-order valence-electron chi connectivity index (χ4n) is 5.68. The van der Waals surface area contributed by atoms with E-state index in [2.05, 4.69) is 13.8 Å². The maximum Gasteiger partial charge on any atom is 0.161 e. The highest BCUT2D eigenvalue weighted by Gasteiger charge is 2.39. The van der Waals surface area contributed by atoms with Crippen LogP contribution in [0.1, 0.15) is 80.1 Å². The van der Waals surface area contributed by atoms with Crippen LogP contribution in [-0.4, -0.2) is 109 Å². The van der Waals surface area contributed by atoms with Crippen LogP contribution >= 0.6 is 0 Å². The van der Waals surface area contributed by atoms with Gasteiger partial charge < -0.3 is 44.0 Å². The zero-order valence-electron chi connectivity index (χ0n) is 25.3. The molecule has 1 rings (SSSR count). The monoisotopic (exact) mass is 547 g/mol. The van der Waals surface area contributed by atoms with E-state index in [0.29, 0.717) is 25.8 Å². The molecule has 0 aromatic heterocycles. The van der Waals surface area contributed by atoms with Gasteiger partial charge in [0.15, 0.2) is 6.29 Å². The second kappa shape index (κ2) is 17.2. The first-order valence-electron chi connectivity index (χ1n) is 14.4. The highest BCUT2D eigenvalue weighted by Crippen LogP contribution is 2.33. The number of nitrogens with zero attached hydrogens (tertiary/aromatic N) is 1. The third-order valence-corrected chi connectivity index (χ3v) is 8.40. The number of hydrogen-bond donors (Lipinski definition) is 3. The van der Waals surface area contributed by atoms with E-state index < -0.39 is 24.6 Å². The number of likely N-dealkylation sites (N-methyl/N-ethyl adjacent to an activating group) is 1. The van der Waals surface area contributed by atoms with E-state index in [9.17, 15) is 20.1 Å². The number of hydrogen-bond acceptors (Lipinski definition) is 9. The molecule has 226 valence electrons. The summed E-state index contributed by atoms with van der Waals surface area (Å²) in [5.74, 6) is 0.0176. The number of carbonyl (C=O) groups is 1. The number of ether oxygens (including phenoxy) is 4. The lowest BCUT2D eigenvalue weighted by molar-refractivity contribution is -0.256. The molecule has 1 aliphatic rings. The molecule has 1 aliphatic heterocycles. The van der Waals surface area contributed by atoms with Crippen LogP contribution in [0.4, 0.5) is 0 Å². The van der Waals surface area contributed by atoms with E-state index in [-0.39, 0.29) is 48.2 Å². The summed E-state index contributed by atoms with van der Waals surface area (Å²) in [5, 5.41) is 31.3. The Balaban J connectivity index is 2.68. The van der Waals surface area contributed by atoms with Gasteiger partial charge in [-0.15, -0.1) is 0 Å². The molecular weight excluding hydrogens is 490 g/mol. The molecule has 38 heavy (non-hydrogen) atoms. The first-order valence-corrected chi connectivity index (χ1v) is 14.4. The van der Waals surface area contributed by atoms with Gasteiger partial charge in [-0.1, -0.05) is 20.8 Å². The van der Waals surface area contributed by atoms with Gasteiger partial charge in [0.1, 0.15) is 12.4 Å². The molecule has 9 nitrogen and oxygen atoms in total. The van der Waals surface area contributed by atoms with Crippen LogP contribution in [0, 0.1) is 17.8 Å². The molecule has 0 aliphatic carbocycles. The van der Waals surface area contributed by atoms with Crippen LogP contribution in [0.2, 0.25) is 0 Å². The zero-order valence-corrected chi connectivity index (χ0v) is 25.3. The zero-order chi connectivity index (χ0) is 29.0. The fraction of sp³-hybridized carbons (Fsp3) is 0.966. The van der Waals surface area contributed by atoms with Gasteiger partial charge in [-0.2, -0.15) is 0 Å². The Hall–Kier alpha value is -0.650. The van der Waals surface area contributed by atoms with E-state index in [1.54, 1.807) is 14.2 Å². The molecule has 0 saturated carbocycles. The molecule has 0 bridgehead atoms. The summed E-state index contributed by atoms with van der Waals surface area (Å²) in [6.45, 7) is 12.6. The van der Waals surface area contributed by atoms with Crippen molar-refractivity contribution in [2.75, 3.05) is 34.4 Å². The van der Waals surface area contributed by atoms with Gasteiger partial charge in [-0.3, -0.25) is 0 Å². The largest absolute Gasteiger partial charge is 0.396 e. The van der Waals surface area contributed by atoms with E-state index in [1.807, 2.05) is 39.6 Å². The summed E-state index contributed by atoms with van der Waals surface area (Å²) in [7, 11) is 5.18. The highest BCUT2D eigenvalue weighted by molar-refractivity contribution is 5.53. The second-order valence-corrected chi connectivity index (χ2v) is 11.9. The Labute approximate surface area is 231 Å². The van der Waals surface area contributed by atoms with Gasteiger partial charge in [-0.05, 0) is 65.3 Å². The third kappa shape index (κ3) is 11.1. The Morgan fingerprint density at radius 2 is 1.76 bits per heavy atom. The van der Waals surface area contributed by atoms with E-state index in [4.69, 9.17) is 18.9 Å². The minimum absolute atomic E-state index is 0.00158. The normalized spacial score (nSPS) is 28.8. The standard InChI is InChI=1S/C29H57NO8/c1-10-24(35-8)28(34)27(33)22(5)30(7)16-19(2)13-23(18-32)11-12-25(20(3)17-31)38-26-15-29(6,36-9)14-21(4)37-26/h17,19-28,32-34H,10-16,18H2,1-9H3/t19-,20?,21?,22?,23?,24-,25+,26+,27?,28?,29+/m1/s1. The van der Waals surface area contributed by atoms with Crippen LogP contribution in [0.15, 0.2) is 0 Å². The van der Waals surface area contributed by atoms with Crippen LogP contribution in [-0.2, 0) is 23.7 Å². The smallest absolute Gasteiger partial charge is 0.161 e. The fourth-order valence-corrected chi connectivity index (χ4v) is 5.68. The minimum atomic E-state index is -0.961. The van der Waals surface area contributed by atoms with Crippen molar-refractivity contribution in [3.63, 3.8) is 0 Å². The summed E-state index contributed by atoms with van der Waals surface area (Å²) < 4.78 is 23.3. The number of carbonyl (C=O) groups excluding carboxylic acids is 1. The van der Waals surface area contributed by atoms with Crippen molar-refractivity contribution in [1.29, 1.82) is 0 Å². The van der Waals surface area contributed by atoms with E-state index in [1.165, 1.54) is 0 Å². The summed E-state index contributed by atoms with van der Waals surface area (Å²) in [5.41, 5.74) is -0.325. The Morgan fingerprint density at radius 3 is 2.29 bits per heavy atom. The molecule has 0 radical (unpaired) electrons. The first-order chi connectivity index (χ1) is 17.8. The lowest BCUT2D eigenvalue weighted by Crippen LogP contribution is -2.50. The molecule has 0 amide bonds. The van der Waals surface area contributed by atoms with Gasteiger partial charge in [0.05, 0.1) is 30.0 Å². The number of aldehydes is 1. The highest BCUT2D eigenvalue weighted by atomic mass is 16.7. The minimum Gasteiger partial charge on any atom is -0.396 e. The van der Waals surface area contributed by atoms with Crippen molar-refractivity contribution < 1.29 is 39.1 Å². The molecule has 1 fully saturated rings. The lowest BCUT2D eigenvalue weighted by atomic mass is 9.88.